The van der Waals surface area contributed by atoms with Gasteiger partial charge in [-0.15, -0.1) is 0 Å². The second kappa shape index (κ2) is 5.39. The van der Waals surface area contributed by atoms with Crippen molar-refractivity contribution in [2.75, 3.05) is 13.1 Å². The van der Waals surface area contributed by atoms with E-state index >= 15 is 0 Å². The van der Waals surface area contributed by atoms with Crippen LogP contribution in [0.3, 0.4) is 0 Å². The molecule has 0 radical (unpaired) electrons. The van der Waals surface area contributed by atoms with E-state index in [-0.39, 0.29) is 11.5 Å². The minimum absolute atomic E-state index is 0.161. The van der Waals surface area contributed by atoms with Crippen LogP contribution in [0.25, 0.3) is 0 Å². The summed E-state index contributed by atoms with van der Waals surface area (Å²) in [6.45, 7) is 2.01. The molecule has 0 unspecified atom stereocenters. The molecule has 0 aromatic rings. The van der Waals surface area contributed by atoms with Gasteiger partial charge in [-0.2, -0.15) is 15.8 Å². The number of nitriles is 3. The molecule has 1 saturated heterocycles. The molecule has 22 heavy (non-hydrogen) atoms. The summed E-state index contributed by atoms with van der Waals surface area (Å²) in [6.07, 6.45) is 6.20. The predicted octanol–water partition coefficient (Wildman–Crippen LogP) is 2.31. The van der Waals surface area contributed by atoms with Crippen LogP contribution in [0.5, 0.6) is 0 Å². The molecule has 2 aliphatic carbocycles. The van der Waals surface area contributed by atoms with E-state index in [1.165, 1.54) is 12.1 Å². The van der Waals surface area contributed by atoms with Crippen LogP contribution in [-0.2, 0) is 0 Å². The molecular weight excluding hydrogens is 274 g/mol. The number of likely N-dealkylation sites (tertiary alicyclic amines) is 1. The van der Waals surface area contributed by atoms with Gasteiger partial charge in [-0.25, -0.2) is 0 Å². The van der Waals surface area contributed by atoms with E-state index in [2.05, 4.69) is 17.0 Å². The lowest BCUT2D eigenvalue weighted by molar-refractivity contribution is 0.254. The zero-order valence-electron chi connectivity index (χ0n) is 12.6. The summed E-state index contributed by atoms with van der Waals surface area (Å²) in [4.78, 5) is 2.36. The van der Waals surface area contributed by atoms with E-state index in [1.54, 1.807) is 0 Å². The summed E-state index contributed by atoms with van der Waals surface area (Å²) in [5.41, 5.74) is 7.48. The summed E-state index contributed by atoms with van der Waals surface area (Å²) in [7, 11) is 0. The minimum Gasteiger partial charge on any atom is -0.398 e. The third-order valence-corrected chi connectivity index (χ3v) is 5.24. The lowest BCUT2D eigenvalue weighted by atomic mass is 9.70. The van der Waals surface area contributed by atoms with Crippen LogP contribution in [0.4, 0.5) is 0 Å². The largest absolute Gasteiger partial charge is 0.398 e. The highest BCUT2D eigenvalue weighted by molar-refractivity contribution is 5.61. The first-order chi connectivity index (χ1) is 10.7. The van der Waals surface area contributed by atoms with Crippen LogP contribution in [-0.4, -0.2) is 18.0 Å². The average molecular weight is 293 g/mol. The van der Waals surface area contributed by atoms with Gasteiger partial charge in [-0.05, 0) is 38.5 Å². The first-order valence-electron chi connectivity index (χ1n) is 7.90. The average Bonchev–Trinajstić information content (AvgIpc) is 2.84. The van der Waals surface area contributed by atoms with E-state index < -0.39 is 5.41 Å². The van der Waals surface area contributed by atoms with Gasteiger partial charge in [0, 0.05) is 30.3 Å². The van der Waals surface area contributed by atoms with Crippen molar-refractivity contribution in [3.05, 3.63) is 22.5 Å². The zero-order chi connectivity index (χ0) is 15.7. The molecule has 0 saturated carbocycles. The molecule has 5 heteroatoms. The van der Waals surface area contributed by atoms with Crippen molar-refractivity contribution in [2.45, 2.75) is 38.5 Å². The molecule has 1 fully saturated rings. The van der Waals surface area contributed by atoms with Crippen molar-refractivity contribution < 1.29 is 0 Å². The topological polar surface area (TPSA) is 101 Å². The Morgan fingerprint density at radius 1 is 1.05 bits per heavy atom. The standard InChI is InChI=1S/C17H19N5/c18-9-13-16(21)15-12(17(13,10-19)11-20)5-4-6-14(15)22-7-2-1-3-8-22/h12H,1-8,21H2/t12-/m0/s1. The molecule has 3 aliphatic rings. The van der Waals surface area contributed by atoms with Crippen LogP contribution in [0.2, 0.25) is 0 Å². The van der Waals surface area contributed by atoms with Gasteiger partial charge in [0.1, 0.15) is 0 Å². The van der Waals surface area contributed by atoms with Crippen LogP contribution >= 0.6 is 0 Å². The Labute approximate surface area is 130 Å². The number of allylic oxidation sites excluding steroid dienone is 3. The van der Waals surface area contributed by atoms with Crippen LogP contribution < -0.4 is 5.73 Å². The smallest absolute Gasteiger partial charge is 0.187 e. The van der Waals surface area contributed by atoms with E-state index in [9.17, 15) is 15.8 Å². The molecule has 112 valence electrons. The molecule has 0 aromatic carbocycles. The zero-order valence-corrected chi connectivity index (χ0v) is 12.6. The van der Waals surface area contributed by atoms with Crippen molar-refractivity contribution in [1.82, 2.24) is 4.90 Å². The van der Waals surface area contributed by atoms with Crippen LogP contribution in [0.15, 0.2) is 22.5 Å². The minimum atomic E-state index is -1.39. The molecule has 0 bridgehead atoms. The molecule has 5 nitrogen and oxygen atoms in total. The van der Waals surface area contributed by atoms with E-state index in [1.807, 2.05) is 6.07 Å². The summed E-state index contributed by atoms with van der Waals surface area (Å²) in [5.74, 6) is -0.247. The van der Waals surface area contributed by atoms with Gasteiger partial charge >= 0.3 is 0 Å². The maximum Gasteiger partial charge on any atom is 0.187 e. The molecule has 1 aliphatic heterocycles. The number of nitrogens with zero attached hydrogens (tertiary/aromatic N) is 4. The van der Waals surface area contributed by atoms with E-state index in [0.717, 1.165) is 50.8 Å². The highest BCUT2D eigenvalue weighted by Gasteiger charge is 2.54. The lowest BCUT2D eigenvalue weighted by Crippen LogP contribution is -2.35. The van der Waals surface area contributed by atoms with E-state index in [0.29, 0.717) is 5.70 Å². The van der Waals surface area contributed by atoms with Crippen molar-refractivity contribution >= 4 is 0 Å². The number of hydrogen-bond acceptors (Lipinski definition) is 5. The summed E-state index contributed by atoms with van der Waals surface area (Å²) in [6, 6.07) is 6.26. The second-order valence-corrected chi connectivity index (χ2v) is 6.28. The van der Waals surface area contributed by atoms with Gasteiger partial charge in [0.15, 0.2) is 5.41 Å². The van der Waals surface area contributed by atoms with Gasteiger partial charge in [-0.3, -0.25) is 0 Å². The number of rotatable bonds is 1. The Morgan fingerprint density at radius 2 is 1.73 bits per heavy atom. The highest BCUT2D eigenvalue weighted by Crippen LogP contribution is 2.54. The number of fused-ring (bicyclic) bond motifs is 1. The lowest BCUT2D eigenvalue weighted by Gasteiger charge is -2.37. The first kappa shape index (κ1) is 14.5. The first-order valence-corrected chi connectivity index (χ1v) is 7.90. The fraction of sp³-hybridized carbons (Fsp3) is 0.588. The Balaban J connectivity index is 2.16. The molecule has 3 rings (SSSR count). The monoisotopic (exact) mass is 293 g/mol. The van der Waals surface area contributed by atoms with Crippen molar-refractivity contribution in [3.8, 4) is 18.2 Å². The van der Waals surface area contributed by atoms with E-state index in [4.69, 9.17) is 5.73 Å². The molecule has 1 heterocycles. The number of piperidine rings is 1. The highest BCUT2D eigenvalue weighted by atomic mass is 15.1. The Hall–Kier alpha value is -2.45. The molecule has 1 atom stereocenters. The summed E-state index contributed by atoms with van der Waals surface area (Å²) in [5, 5.41) is 28.7. The Kier molecular flexibility index (Phi) is 3.55. The summed E-state index contributed by atoms with van der Waals surface area (Å²) >= 11 is 0. The molecule has 2 N–H and O–H groups in total. The van der Waals surface area contributed by atoms with Gasteiger partial charge < -0.3 is 10.6 Å². The van der Waals surface area contributed by atoms with Crippen molar-refractivity contribution in [1.29, 1.82) is 15.8 Å². The predicted molar refractivity (Wildman–Crippen MR) is 80.3 cm³/mol. The van der Waals surface area contributed by atoms with Gasteiger partial charge in [0.05, 0.1) is 29.5 Å². The number of hydrogen-bond donors (Lipinski definition) is 1. The molecule has 0 amide bonds. The molecule has 0 spiro atoms. The Morgan fingerprint density at radius 3 is 2.32 bits per heavy atom. The quantitative estimate of drug-likeness (QED) is 0.799. The van der Waals surface area contributed by atoms with Crippen molar-refractivity contribution in [2.24, 2.45) is 17.1 Å². The SMILES string of the molecule is N#CC1=C(N)C2=C(N3CCCCC3)CCC[C@@H]2C1(C#N)C#N. The number of nitrogens with two attached hydrogens (primary N) is 1. The maximum atomic E-state index is 9.62. The van der Waals surface area contributed by atoms with Gasteiger partial charge in [0.2, 0.25) is 0 Å². The molecule has 0 aromatic heterocycles. The van der Waals surface area contributed by atoms with Gasteiger partial charge in [-0.1, -0.05) is 0 Å². The van der Waals surface area contributed by atoms with Gasteiger partial charge in [0.25, 0.3) is 0 Å². The Bertz CT molecular complexity index is 659. The van der Waals surface area contributed by atoms with Crippen molar-refractivity contribution in [3.63, 3.8) is 0 Å². The maximum absolute atomic E-state index is 9.62. The fourth-order valence-corrected chi connectivity index (χ4v) is 4.18. The normalized spacial score (nSPS) is 27.0. The van der Waals surface area contributed by atoms with Crippen LogP contribution in [0.1, 0.15) is 38.5 Å². The van der Waals surface area contributed by atoms with Crippen LogP contribution in [0, 0.1) is 45.3 Å². The second-order valence-electron chi connectivity index (χ2n) is 6.28. The third-order valence-electron chi connectivity index (χ3n) is 5.24. The third kappa shape index (κ3) is 1.81. The molecular formula is C17H19N5. The summed E-state index contributed by atoms with van der Waals surface area (Å²) < 4.78 is 0. The fourth-order valence-electron chi connectivity index (χ4n) is 4.18.